The van der Waals surface area contributed by atoms with E-state index in [-0.39, 0.29) is 29.1 Å². The largest absolute Gasteiger partial charge is 0.504 e. The van der Waals surface area contributed by atoms with Gasteiger partial charge in [0.05, 0.1) is 26.2 Å². The summed E-state index contributed by atoms with van der Waals surface area (Å²) >= 11 is 3.30. The van der Waals surface area contributed by atoms with Gasteiger partial charge in [0, 0.05) is 16.6 Å². The van der Waals surface area contributed by atoms with Gasteiger partial charge in [-0.1, -0.05) is 6.07 Å². The van der Waals surface area contributed by atoms with E-state index < -0.39 is 23.3 Å². The van der Waals surface area contributed by atoms with E-state index in [1.807, 2.05) is 0 Å². The number of esters is 1. The van der Waals surface area contributed by atoms with Crippen molar-refractivity contribution in [3.8, 4) is 17.4 Å². The molecule has 0 bridgehead atoms. The average molecular weight is 449 g/mol. The lowest BCUT2D eigenvalue weighted by molar-refractivity contribution is -0.140. The molecule has 9 heteroatoms. The topological polar surface area (TPSA) is 110 Å². The molecule has 2 N–H and O–H groups in total. The molecule has 0 saturated carbocycles. The van der Waals surface area contributed by atoms with Crippen LogP contribution in [0.25, 0.3) is 5.65 Å². The van der Waals surface area contributed by atoms with E-state index >= 15 is 0 Å². The number of methoxy groups -OCH3 is 2. The number of phenols is 1. The fourth-order valence-electron chi connectivity index (χ4n) is 2.97. The quantitative estimate of drug-likeness (QED) is 0.576. The molecule has 1 aromatic carbocycles. The molecule has 0 amide bonds. The van der Waals surface area contributed by atoms with Gasteiger partial charge in [-0.2, -0.15) is 4.98 Å². The number of carbonyl (C=O) groups is 1. The number of nitrogens with zero attached hydrogens (tertiary/aromatic N) is 2. The standard InChI is InChI=1S/C19H17BrN2O6/c1-27-14-7-10(3-5-13(14)23)12(8-16(24)28-2)17-18(25)21-15-6-4-11(20)9-22(15)19(17)26/h3-7,9,12,23,25H,8H2,1-2H3. The summed E-state index contributed by atoms with van der Waals surface area (Å²) in [6.07, 6.45) is 1.31. The molecule has 0 aliphatic rings. The number of fused-ring (bicyclic) bond motifs is 1. The maximum atomic E-state index is 13.1. The summed E-state index contributed by atoms with van der Waals surface area (Å²) < 4.78 is 11.8. The van der Waals surface area contributed by atoms with Gasteiger partial charge in [-0.05, 0) is 45.8 Å². The lowest BCUT2D eigenvalue weighted by Gasteiger charge is -2.18. The maximum absolute atomic E-state index is 13.1. The molecule has 3 rings (SSSR count). The number of pyridine rings is 1. The Bertz CT molecular complexity index is 1110. The molecular weight excluding hydrogens is 432 g/mol. The smallest absolute Gasteiger partial charge is 0.306 e. The van der Waals surface area contributed by atoms with Crippen molar-refractivity contribution in [3.05, 3.63) is 62.5 Å². The van der Waals surface area contributed by atoms with Crippen molar-refractivity contribution in [2.24, 2.45) is 0 Å². The number of benzene rings is 1. The first-order valence-electron chi connectivity index (χ1n) is 8.20. The van der Waals surface area contributed by atoms with Crippen molar-refractivity contribution in [2.75, 3.05) is 14.2 Å². The van der Waals surface area contributed by atoms with Gasteiger partial charge in [-0.25, -0.2) is 0 Å². The highest BCUT2D eigenvalue weighted by molar-refractivity contribution is 9.10. The van der Waals surface area contributed by atoms with E-state index in [4.69, 9.17) is 9.47 Å². The molecule has 1 atom stereocenters. The van der Waals surface area contributed by atoms with E-state index in [1.165, 1.54) is 36.9 Å². The van der Waals surface area contributed by atoms with Crippen LogP contribution in [0.3, 0.4) is 0 Å². The molecule has 8 nitrogen and oxygen atoms in total. The second-order valence-electron chi connectivity index (χ2n) is 5.99. The normalized spacial score (nSPS) is 12.0. The monoisotopic (exact) mass is 448 g/mol. The zero-order chi connectivity index (χ0) is 20.4. The molecule has 2 aromatic heterocycles. The fraction of sp³-hybridized carbons (Fsp3) is 0.211. The maximum Gasteiger partial charge on any atom is 0.306 e. The van der Waals surface area contributed by atoms with Gasteiger partial charge in [0.15, 0.2) is 11.5 Å². The minimum absolute atomic E-state index is 0.0613. The summed E-state index contributed by atoms with van der Waals surface area (Å²) in [4.78, 5) is 29.2. The van der Waals surface area contributed by atoms with Crippen LogP contribution in [0.4, 0.5) is 0 Å². The highest BCUT2D eigenvalue weighted by atomic mass is 79.9. The molecule has 0 fully saturated rings. The summed E-state index contributed by atoms with van der Waals surface area (Å²) in [6, 6.07) is 7.70. The van der Waals surface area contributed by atoms with Crippen LogP contribution in [0.15, 0.2) is 45.8 Å². The van der Waals surface area contributed by atoms with Gasteiger partial charge in [-0.3, -0.25) is 14.0 Å². The molecule has 3 aromatic rings. The van der Waals surface area contributed by atoms with Gasteiger partial charge in [0.2, 0.25) is 5.88 Å². The lowest BCUT2D eigenvalue weighted by Crippen LogP contribution is -2.24. The van der Waals surface area contributed by atoms with Crippen LogP contribution < -0.4 is 10.3 Å². The first kappa shape index (κ1) is 19.7. The first-order chi connectivity index (χ1) is 13.3. The molecule has 0 aliphatic heterocycles. The second kappa shape index (κ2) is 7.89. The summed E-state index contributed by atoms with van der Waals surface area (Å²) in [5, 5.41) is 20.3. The molecule has 146 valence electrons. The van der Waals surface area contributed by atoms with E-state index in [9.17, 15) is 19.8 Å². The summed E-state index contributed by atoms with van der Waals surface area (Å²) in [6.45, 7) is 0. The number of aromatic nitrogens is 2. The van der Waals surface area contributed by atoms with Crippen LogP contribution in [-0.4, -0.2) is 39.8 Å². The second-order valence-corrected chi connectivity index (χ2v) is 6.91. The van der Waals surface area contributed by atoms with Crippen molar-refractivity contribution in [1.82, 2.24) is 9.38 Å². The number of ether oxygens (including phenoxy) is 2. The Morgan fingerprint density at radius 3 is 2.68 bits per heavy atom. The third kappa shape index (κ3) is 3.65. The van der Waals surface area contributed by atoms with Crippen LogP contribution in [0, 0.1) is 0 Å². The zero-order valence-corrected chi connectivity index (χ0v) is 16.6. The molecule has 1 unspecified atom stereocenters. The fourth-order valence-corrected chi connectivity index (χ4v) is 3.30. The number of rotatable bonds is 5. The molecular formula is C19H17BrN2O6. The Morgan fingerprint density at radius 1 is 1.25 bits per heavy atom. The number of hydrogen-bond acceptors (Lipinski definition) is 7. The number of halogens is 1. The first-order valence-corrected chi connectivity index (χ1v) is 8.99. The Hall–Kier alpha value is -3.07. The molecule has 0 radical (unpaired) electrons. The van der Waals surface area contributed by atoms with Gasteiger partial charge in [0.1, 0.15) is 5.65 Å². The lowest BCUT2D eigenvalue weighted by atomic mass is 9.89. The van der Waals surface area contributed by atoms with E-state index in [1.54, 1.807) is 18.2 Å². The van der Waals surface area contributed by atoms with E-state index in [2.05, 4.69) is 20.9 Å². The minimum atomic E-state index is -0.863. The molecule has 0 aliphatic carbocycles. The van der Waals surface area contributed by atoms with Crippen molar-refractivity contribution in [2.45, 2.75) is 12.3 Å². The predicted molar refractivity (Wildman–Crippen MR) is 104 cm³/mol. The van der Waals surface area contributed by atoms with Crippen LogP contribution in [-0.2, 0) is 9.53 Å². The Kier molecular flexibility index (Phi) is 5.55. The number of hydrogen-bond donors (Lipinski definition) is 2. The summed E-state index contributed by atoms with van der Waals surface area (Å²) in [7, 11) is 2.62. The van der Waals surface area contributed by atoms with Crippen LogP contribution in [0.5, 0.6) is 17.4 Å². The Morgan fingerprint density at radius 2 is 2.00 bits per heavy atom. The third-order valence-corrected chi connectivity index (χ3v) is 4.82. The SMILES string of the molecule is COC(=O)CC(c1ccc(O)c(OC)c1)c1c(O)nc2ccc(Br)cn2c1=O. The van der Waals surface area contributed by atoms with Crippen molar-refractivity contribution in [3.63, 3.8) is 0 Å². The number of phenolic OH excluding ortho intramolecular Hbond substituents is 1. The van der Waals surface area contributed by atoms with Crippen molar-refractivity contribution < 1.29 is 24.5 Å². The summed E-state index contributed by atoms with van der Waals surface area (Å²) in [5.41, 5.74) is 0.150. The van der Waals surface area contributed by atoms with Crippen molar-refractivity contribution in [1.29, 1.82) is 0 Å². The predicted octanol–water partition coefficient (Wildman–Crippen LogP) is 2.57. The molecule has 0 spiro atoms. The minimum Gasteiger partial charge on any atom is -0.504 e. The third-order valence-electron chi connectivity index (χ3n) is 4.35. The highest BCUT2D eigenvalue weighted by Crippen LogP contribution is 2.36. The van der Waals surface area contributed by atoms with E-state index in [0.717, 1.165) is 0 Å². The average Bonchev–Trinajstić information content (AvgIpc) is 2.68. The van der Waals surface area contributed by atoms with Gasteiger partial charge < -0.3 is 19.7 Å². The van der Waals surface area contributed by atoms with Gasteiger partial charge in [0.25, 0.3) is 5.56 Å². The Labute approximate surface area is 168 Å². The van der Waals surface area contributed by atoms with E-state index in [0.29, 0.717) is 10.0 Å². The highest BCUT2D eigenvalue weighted by Gasteiger charge is 2.27. The number of aromatic hydroxyl groups is 2. The zero-order valence-electron chi connectivity index (χ0n) is 15.0. The molecule has 0 saturated heterocycles. The van der Waals surface area contributed by atoms with Crippen LogP contribution >= 0.6 is 15.9 Å². The van der Waals surface area contributed by atoms with Gasteiger partial charge in [-0.15, -0.1) is 0 Å². The number of carbonyl (C=O) groups excluding carboxylic acids is 1. The summed E-state index contributed by atoms with van der Waals surface area (Å²) in [5.74, 6) is -1.84. The van der Waals surface area contributed by atoms with Crippen LogP contribution in [0.2, 0.25) is 0 Å². The molecule has 2 heterocycles. The van der Waals surface area contributed by atoms with Gasteiger partial charge >= 0.3 is 5.97 Å². The molecule has 28 heavy (non-hydrogen) atoms. The van der Waals surface area contributed by atoms with Crippen LogP contribution in [0.1, 0.15) is 23.5 Å². The Balaban J connectivity index is 2.26. The van der Waals surface area contributed by atoms with Crippen molar-refractivity contribution >= 4 is 27.5 Å².